The Kier molecular flexibility index (Phi) is 26.7. The molecule has 0 N–H and O–H groups in total. The zero-order chi connectivity index (χ0) is 48.0. The summed E-state index contributed by atoms with van der Waals surface area (Å²) in [4.78, 5) is 0. The van der Waals surface area contributed by atoms with Crippen molar-refractivity contribution in [2.75, 3.05) is 0 Å². The highest BCUT2D eigenvalue weighted by atomic mass is 35.5. The van der Waals surface area contributed by atoms with Gasteiger partial charge in [0.1, 0.15) is 40.7 Å². The van der Waals surface area contributed by atoms with Gasteiger partial charge in [-0.2, -0.15) is 0 Å². The van der Waals surface area contributed by atoms with Gasteiger partial charge >= 0.3 is 0 Å². The highest BCUT2D eigenvalue weighted by Gasteiger charge is 2.01. The van der Waals surface area contributed by atoms with Crippen molar-refractivity contribution in [3.8, 4) is 0 Å². The van der Waals surface area contributed by atoms with Gasteiger partial charge in [0.15, 0.2) is 0 Å². The summed E-state index contributed by atoms with van der Waals surface area (Å²) in [6.45, 7) is 12.1. The summed E-state index contributed by atoms with van der Waals surface area (Å²) in [7, 11) is 0. The first kappa shape index (κ1) is 57.1. The zero-order valence-corrected chi connectivity index (χ0v) is 40.2. The van der Waals surface area contributed by atoms with Crippen LogP contribution >= 0.6 is 81.2 Å². The second-order valence-corrected chi connectivity index (χ2v) is 16.0. The normalized spacial score (nSPS) is 9.67. The van der Waals surface area contributed by atoms with Crippen LogP contribution in [0, 0.1) is 89.2 Å². The van der Waals surface area contributed by atoms with Crippen molar-refractivity contribution >= 4 is 81.2 Å². The van der Waals surface area contributed by atoms with Crippen molar-refractivity contribution in [3.05, 3.63) is 242 Å². The lowest BCUT2D eigenvalue weighted by Crippen LogP contribution is -1.80. The molecule has 0 heterocycles. The minimum Gasteiger partial charge on any atom is -0.207 e. The van der Waals surface area contributed by atoms with Gasteiger partial charge in [-0.1, -0.05) is 124 Å². The van der Waals surface area contributed by atoms with Gasteiger partial charge in [-0.05, 0) is 167 Å². The second kappa shape index (κ2) is 29.5. The average Bonchev–Trinajstić information content (AvgIpc) is 3.22. The maximum absolute atomic E-state index is 12.6. The molecule has 7 aromatic rings. The lowest BCUT2D eigenvalue weighted by Gasteiger charge is -1.95. The summed E-state index contributed by atoms with van der Waals surface area (Å²) in [6, 6.07) is 32.1. The second-order valence-electron chi connectivity index (χ2n) is 13.2. The SMILES string of the molecule is Cc1c(F)cccc1Cl.Cc1cc(Cl)ccc1F.Cc1cc(F)ccc1Cl.Cc1ccc(Cl)cc1F.Cc1ccc(F)cc1Cl.Cc1cccc(Cl)c1F.Cc1cccc(F)c1Cl. The van der Waals surface area contributed by atoms with Gasteiger partial charge in [0.2, 0.25) is 0 Å². The first-order chi connectivity index (χ1) is 29.4. The maximum atomic E-state index is 12.6. The van der Waals surface area contributed by atoms with E-state index in [2.05, 4.69) is 0 Å². The molecule has 0 aliphatic heterocycles. The fraction of sp³-hybridized carbons (Fsp3) is 0.143. The molecule has 336 valence electrons. The maximum Gasteiger partial charge on any atom is 0.144 e. The average molecular weight is 1010 g/mol. The number of rotatable bonds is 0. The first-order valence-corrected chi connectivity index (χ1v) is 21.0. The van der Waals surface area contributed by atoms with Crippen LogP contribution in [0.5, 0.6) is 0 Å². The molecule has 7 rings (SSSR count). The Bertz CT molecular complexity index is 2140. The van der Waals surface area contributed by atoms with E-state index >= 15 is 0 Å². The van der Waals surface area contributed by atoms with Crippen molar-refractivity contribution < 1.29 is 30.7 Å². The van der Waals surface area contributed by atoms with Crippen LogP contribution in [0.15, 0.2) is 127 Å². The third-order valence-corrected chi connectivity index (χ3v) is 10.5. The van der Waals surface area contributed by atoms with Crippen molar-refractivity contribution in [2.24, 2.45) is 0 Å². The molecule has 0 fully saturated rings. The van der Waals surface area contributed by atoms with Crippen LogP contribution in [0.4, 0.5) is 30.7 Å². The van der Waals surface area contributed by atoms with Gasteiger partial charge in [-0.3, -0.25) is 0 Å². The molecule has 0 amide bonds. The molecule has 0 atom stereocenters. The molecule has 0 unspecified atom stereocenters. The number of halogens is 14. The summed E-state index contributed by atoms with van der Waals surface area (Å²) in [6.07, 6.45) is 0. The Hall–Kier alpha value is -3.92. The first-order valence-electron chi connectivity index (χ1n) is 18.3. The standard InChI is InChI=1S/7C7H6ClF/c1-5-4-6(9)2-3-7(5)8;1-5-4-6(8)2-3-7(5)9;1-5-2-3-6(9)4-7(5)8;1-5-2-3-6(8)4-7(5)9;1-5-6(8)3-2-4-7(5)9;1-5-3-2-4-6(9)7(5)8;1-5-3-2-4-6(8)7(5)9/h7*2-4H,1H3. The number of hydrogen-bond donors (Lipinski definition) is 0. The lowest BCUT2D eigenvalue weighted by atomic mass is 10.2. The van der Waals surface area contributed by atoms with Gasteiger partial charge < -0.3 is 0 Å². The molecule has 0 nitrogen and oxygen atoms in total. The van der Waals surface area contributed by atoms with E-state index in [4.69, 9.17) is 81.2 Å². The van der Waals surface area contributed by atoms with E-state index in [-0.39, 0.29) is 50.8 Å². The molecule has 0 radical (unpaired) electrons. The van der Waals surface area contributed by atoms with Gasteiger partial charge in [0, 0.05) is 30.7 Å². The third-order valence-electron chi connectivity index (χ3n) is 8.00. The van der Waals surface area contributed by atoms with Crippen LogP contribution in [-0.4, -0.2) is 0 Å². The topological polar surface area (TPSA) is 0 Å². The predicted octanol–water partition coefficient (Wildman–Crippen LogP) is 19.5. The fourth-order valence-corrected chi connectivity index (χ4v) is 5.34. The summed E-state index contributed by atoms with van der Waals surface area (Å²) in [5.74, 6) is -1.90. The van der Waals surface area contributed by atoms with Crippen LogP contribution in [-0.2, 0) is 0 Å². The summed E-state index contributed by atoms with van der Waals surface area (Å²) in [5, 5.41) is 3.00. The van der Waals surface area contributed by atoms with E-state index in [9.17, 15) is 30.7 Å². The van der Waals surface area contributed by atoms with Crippen molar-refractivity contribution in [3.63, 3.8) is 0 Å². The monoisotopic (exact) mass is 1010 g/mol. The molecule has 0 aliphatic rings. The van der Waals surface area contributed by atoms with Crippen LogP contribution in [0.25, 0.3) is 0 Å². The molecular weight excluding hydrogens is 970 g/mol. The lowest BCUT2D eigenvalue weighted by molar-refractivity contribution is 0.618. The zero-order valence-electron chi connectivity index (χ0n) is 34.9. The van der Waals surface area contributed by atoms with Crippen molar-refractivity contribution in [2.45, 2.75) is 48.5 Å². The Labute approximate surface area is 400 Å². The minimum absolute atomic E-state index is 0.190. The molecule has 0 bridgehead atoms. The number of benzene rings is 7. The summed E-state index contributed by atoms with van der Waals surface area (Å²) >= 11 is 38.7. The number of hydrogen-bond acceptors (Lipinski definition) is 0. The van der Waals surface area contributed by atoms with Gasteiger partial charge in [0.25, 0.3) is 0 Å². The van der Waals surface area contributed by atoms with E-state index in [1.54, 1.807) is 108 Å². The summed E-state index contributed by atoms with van der Waals surface area (Å²) in [5.41, 5.74) is 4.76. The van der Waals surface area contributed by atoms with E-state index in [0.717, 1.165) is 16.7 Å². The fourth-order valence-electron chi connectivity index (χ4n) is 4.16. The Morgan fingerprint density at radius 3 is 1.25 bits per heavy atom. The molecule has 0 aliphatic carbocycles. The van der Waals surface area contributed by atoms with E-state index in [0.29, 0.717) is 47.4 Å². The minimum atomic E-state index is -0.350. The smallest absolute Gasteiger partial charge is 0.144 e. The van der Waals surface area contributed by atoms with Gasteiger partial charge in [0.05, 0.1) is 10.0 Å². The molecule has 0 saturated heterocycles. The van der Waals surface area contributed by atoms with Crippen LogP contribution in [0.1, 0.15) is 38.9 Å². The molecule has 63 heavy (non-hydrogen) atoms. The predicted molar refractivity (Wildman–Crippen MR) is 253 cm³/mol. The van der Waals surface area contributed by atoms with Crippen LogP contribution < -0.4 is 0 Å². The summed E-state index contributed by atoms with van der Waals surface area (Å²) < 4.78 is 87.0. The Morgan fingerprint density at radius 2 is 0.810 bits per heavy atom. The Morgan fingerprint density at radius 1 is 0.302 bits per heavy atom. The quantitative estimate of drug-likeness (QED) is 0.133. The van der Waals surface area contributed by atoms with Gasteiger partial charge in [-0.25, -0.2) is 30.7 Å². The van der Waals surface area contributed by atoms with Gasteiger partial charge in [-0.15, -0.1) is 0 Å². The van der Waals surface area contributed by atoms with E-state index in [1.165, 1.54) is 60.7 Å². The van der Waals surface area contributed by atoms with Crippen LogP contribution in [0.2, 0.25) is 35.2 Å². The molecule has 0 saturated carbocycles. The number of aryl methyl sites for hydroxylation is 6. The Balaban J connectivity index is 0.000000367. The highest BCUT2D eigenvalue weighted by Crippen LogP contribution is 2.20. The molecule has 0 spiro atoms. The highest BCUT2D eigenvalue weighted by molar-refractivity contribution is 6.32. The molecular formula is C49H42Cl7F7. The van der Waals surface area contributed by atoms with Crippen LogP contribution in [0.3, 0.4) is 0 Å². The molecule has 0 aromatic heterocycles. The van der Waals surface area contributed by atoms with E-state index < -0.39 is 0 Å². The van der Waals surface area contributed by atoms with E-state index in [1.807, 2.05) is 6.92 Å². The van der Waals surface area contributed by atoms with Crippen molar-refractivity contribution in [1.82, 2.24) is 0 Å². The third kappa shape index (κ3) is 22.5. The molecule has 7 aromatic carbocycles. The van der Waals surface area contributed by atoms with Crippen molar-refractivity contribution in [1.29, 1.82) is 0 Å². The molecule has 14 heteroatoms. The largest absolute Gasteiger partial charge is 0.207 e.